The maximum absolute atomic E-state index is 6.29. The van der Waals surface area contributed by atoms with Gasteiger partial charge in [0.05, 0.1) is 29.1 Å². The standard InChI is InChI=1S/C15H12BrCl3O2/c1-20-11-7-6-9(15(21-2)14(11)19)12(16)8-4-3-5-10(17)13(8)18/h3-7,12H,1-2H3. The van der Waals surface area contributed by atoms with Gasteiger partial charge in [-0.25, -0.2) is 0 Å². The van der Waals surface area contributed by atoms with Gasteiger partial charge in [-0.3, -0.25) is 0 Å². The van der Waals surface area contributed by atoms with Crippen LogP contribution in [0.5, 0.6) is 11.5 Å². The third-order valence-corrected chi connectivity index (χ3v) is 5.22. The molecule has 0 spiro atoms. The fraction of sp³-hybridized carbons (Fsp3) is 0.200. The Hall–Kier alpha value is -0.610. The zero-order chi connectivity index (χ0) is 15.6. The van der Waals surface area contributed by atoms with Crippen LogP contribution in [0.3, 0.4) is 0 Å². The van der Waals surface area contributed by atoms with E-state index in [9.17, 15) is 0 Å². The first-order valence-electron chi connectivity index (χ1n) is 5.99. The Morgan fingerprint density at radius 1 is 0.905 bits per heavy atom. The molecule has 0 aliphatic carbocycles. The van der Waals surface area contributed by atoms with Crippen molar-refractivity contribution >= 4 is 50.7 Å². The Bertz CT molecular complexity index is 662. The molecule has 21 heavy (non-hydrogen) atoms. The smallest absolute Gasteiger partial charge is 0.145 e. The van der Waals surface area contributed by atoms with Crippen LogP contribution in [-0.4, -0.2) is 14.2 Å². The first-order valence-corrected chi connectivity index (χ1v) is 8.04. The SMILES string of the molecule is COc1ccc(C(Br)c2cccc(Cl)c2Cl)c(OC)c1Cl. The Kier molecular flexibility index (Phi) is 5.67. The highest BCUT2D eigenvalue weighted by molar-refractivity contribution is 9.09. The number of ether oxygens (including phenoxy) is 2. The molecule has 6 heteroatoms. The molecule has 0 saturated heterocycles. The summed E-state index contributed by atoms with van der Waals surface area (Å²) >= 11 is 22.3. The fourth-order valence-electron chi connectivity index (χ4n) is 2.00. The van der Waals surface area contributed by atoms with Gasteiger partial charge in [0, 0.05) is 5.56 Å². The Morgan fingerprint density at radius 3 is 2.24 bits per heavy atom. The zero-order valence-corrected chi connectivity index (χ0v) is 15.1. The molecule has 1 unspecified atom stereocenters. The predicted molar refractivity (Wildman–Crippen MR) is 91.8 cm³/mol. The summed E-state index contributed by atoms with van der Waals surface area (Å²) in [6, 6.07) is 9.14. The van der Waals surface area contributed by atoms with Gasteiger partial charge < -0.3 is 9.47 Å². The van der Waals surface area contributed by atoms with Crippen LogP contribution in [0.1, 0.15) is 16.0 Å². The molecule has 0 aromatic heterocycles. The minimum absolute atomic E-state index is 0.206. The Balaban J connectivity index is 2.56. The van der Waals surface area contributed by atoms with Crippen molar-refractivity contribution in [1.82, 2.24) is 0 Å². The van der Waals surface area contributed by atoms with E-state index in [1.807, 2.05) is 18.2 Å². The van der Waals surface area contributed by atoms with E-state index >= 15 is 0 Å². The molecule has 2 aromatic rings. The zero-order valence-electron chi connectivity index (χ0n) is 11.3. The van der Waals surface area contributed by atoms with Crippen LogP contribution in [0.25, 0.3) is 0 Å². The van der Waals surface area contributed by atoms with Gasteiger partial charge in [-0.05, 0) is 17.7 Å². The Labute approximate surface area is 147 Å². The van der Waals surface area contributed by atoms with E-state index in [1.54, 1.807) is 26.4 Å². The van der Waals surface area contributed by atoms with E-state index in [-0.39, 0.29) is 4.83 Å². The van der Waals surface area contributed by atoms with Crippen molar-refractivity contribution in [1.29, 1.82) is 0 Å². The normalized spacial score (nSPS) is 12.1. The molecule has 0 N–H and O–H groups in total. The molecular weight excluding hydrogens is 398 g/mol. The highest BCUT2D eigenvalue weighted by atomic mass is 79.9. The van der Waals surface area contributed by atoms with Crippen molar-refractivity contribution in [3.8, 4) is 11.5 Å². The van der Waals surface area contributed by atoms with Gasteiger partial charge in [-0.2, -0.15) is 0 Å². The molecule has 2 rings (SSSR count). The van der Waals surface area contributed by atoms with Gasteiger partial charge in [-0.15, -0.1) is 0 Å². The van der Waals surface area contributed by atoms with Crippen LogP contribution in [-0.2, 0) is 0 Å². The third-order valence-electron chi connectivity index (χ3n) is 3.04. The number of hydrogen-bond acceptors (Lipinski definition) is 2. The van der Waals surface area contributed by atoms with Crippen molar-refractivity contribution in [3.63, 3.8) is 0 Å². The maximum atomic E-state index is 6.29. The van der Waals surface area contributed by atoms with Gasteiger partial charge in [0.2, 0.25) is 0 Å². The summed E-state index contributed by atoms with van der Waals surface area (Å²) in [6.07, 6.45) is 0. The minimum Gasteiger partial charge on any atom is -0.495 e. The maximum Gasteiger partial charge on any atom is 0.145 e. The van der Waals surface area contributed by atoms with E-state index in [2.05, 4.69) is 15.9 Å². The molecule has 0 aliphatic heterocycles. The molecule has 0 heterocycles. The van der Waals surface area contributed by atoms with Crippen LogP contribution < -0.4 is 9.47 Å². The summed E-state index contributed by atoms with van der Waals surface area (Å²) in [5.41, 5.74) is 1.68. The van der Waals surface area contributed by atoms with Gasteiger partial charge in [0.15, 0.2) is 0 Å². The summed E-state index contributed by atoms with van der Waals surface area (Å²) in [7, 11) is 3.11. The van der Waals surface area contributed by atoms with Crippen LogP contribution in [0, 0.1) is 0 Å². The topological polar surface area (TPSA) is 18.5 Å². The lowest BCUT2D eigenvalue weighted by Crippen LogP contribution is -2.00. The second kappa shape index (κ2) is 7.10. The average Bonchev–Trinajstić information content (AvgIpc) is 2.49. The highest BCUT2D eigenvalue weighted by Crippen LogP contribution is 2.46. The minimum atomic E-state index is -0.206. The molecule has 0 aliphatic rings. The number of benzene rings is 2. The molecule has 0 fully saturated rings. The number of rotatable bonds is 4. The molecule has 2 aromatic carbocycles. The second-order valence-electron chi connectivity index (χ2n) is 4.21. The van der Waals surface area contributed by atoms with Gasteiger partial charge in [-0.1, -0.05) is 68.9 Å². The number of hydrogen-bond donors (Lipinski definition) is 0. The summed E-state index contributed by atoms with van der Waals surface area (Å²) in [4.78, 5) is -0.206. The first-order chi connectivity index (χ1) is 10.0. The van der Waals surface area contributed by atoms with Crippen molar-refractivity contribution in [2.24, 2.45) is 0 Å². The van der Waals surface area contributed by atoms with Gasteiger partial charge in [0.25, 0.3) is 0 Å². The molecule has 1 atom stereocenters. The van der Waals surface area contributed by atoms with Crippen LogP contribution in [0.15, 0.2) is 30.3 Å². The van der Waals surface area contributed by atoms with E-state index in [4.69, 9.17) is 44.3 Å². The van der Waals surface area contributed by atoms with Crippen molar-refractivity contribution in [2.75, 3.05) is 14.2 Å². The summed E-state index contributed by atoms with van der Waals surface area (Å²) in [5.74, 6) is 1.09. The van der Waals surface area contributed by atoms with E-state index in [1.165, 1.54) is 0 Å². The fourth-order valence-corrected chi connectivity index (χ4v) is 3.62. The summed E-state index contributed by atoms with van der Waals surface area (Å²) in [6.45, 7) is 0. The molecule has 2 nitrogen and oxygen atoms in total. The molecule has 0 amide bonds. The number of halogens is 4. The lowest BCUT2D eigenvalue weighted by Gasteiger charge is -2.18. The quantitative estimate of drug-likeness (QED) is 0.563. The largest absolute Gasteiger partial charge is 0.495 e. The van der Waals surface area contributed by atoms with Crippen molar-refractivity contribution in [2.45, 2.75) is 4.83 Å². The monoisotopic (exact) mass is 408 g/mol. The van der Waals surface area contributed by atoms with Crippen LogP contribution >= 0.6 is 50.7 Å². The summed E-state index contributed by atoms with van der Waals surface area (Å²) in [5, 5.41) is 1.41. The van der Waals surface area contributed by atoms with Gasteiger partial charge >= 0.3 is 0 Å². The predicted octanol–water partition coefficient (Wildman–Crippen LogP) is 6.15. The lowest BCUT2D eigenvalue weighted by atomic mass is 10.0. The van der Waals surface area contributed by atoms with E-state index in [0.717, 1.165) is 11.1 Å². The molecule has 0 radical (unpaired) electrons. The van der Waals surface area contributed by atoms with Crippen molar-refractivity contribution in [3.05, 3.63) is 56.5 Å². The number of alkyl halides is 1. The van der Waals surface area contributed by atoms with Crippen molar-refractivity contribution < 1.29 is 9.47 Å². The molecular formula is C15H12BrCl3O2. The van der Waals surface area contributed by atoms with E-state index in [0.29, 0.717) is 26.6 Å². The molecule has 0 saturated carbocycles. The van der Waals surface area contributed by atoms with Gasteiger partial charge in [0.1, 0.15) is 16.5 Å². The van der Waals surface area contributed by atoms with E-state index < -0.39 is 0 Å². The Morgan fingerprint density at radius 2 is 1.62 bits per heavy atom. The number of methoxy groups -OCH3 is 2. The second-order valence-corrected chi connectivity index (χ2v) is 6.29. The average molecular weight is 411 g/mol. The summed E-state index contributed by atoms with van der Waals surface area (Å²) < 4.78 is 10.6. The highest BCUT2D eigenvalue weighted by Gasteiger charge is 2.22. The van der Waals surface area contributed by atoms with Crippen LogP contribution in [0.4, 0.5) is 0 Å². The molecule has 112 valence electrons. The first kappa shape index (κ1) is 16.8. The molecule has 0 bridgehead atoms. The lowest BCUT2D eigenvalue weighted by molar-refractivity contribution is 0.392. The third kappa shape index (κ3) is 3.26. The van der Waals surface area contributed by atoms with Crippen LogP contribution in [0.2, 0.25) is 15.1 Å².